The maximum absolute atomic E-state index is 12.0. The topological polar surface area (TPSA) is 70.2 Å². The van der Waals surface area contributed by atoms with E-state index < -0.39 is 0 Å². The number of carbonyl (C=O) groups is 2. The first kappa shape index (κ1) is 12.4. The summed E-state index contributed by atoms with van der Waals surface area (Å²) in [6, 6.07) is -0.103. The molecule has 2 fully saturated rings. The fourth-order valence-electron chi connectivity index (χ4n) is 2.44. The Balaban J connectivity index is 1.79. The van der Waals surface area contributed by atoms with Crippen molar-refractivity contribution in [2.24, 2.45) is 0 Å². The van der Waals surface area contributed by atoms with Gasteiger partial charge in [0, 0.05) is 13.0 Å². The molecule has 5 nitrogen and oxygen atoms in total. The summed E-state index contributed by atoms with van der Waals surface area (Å²) in [6.07, 6.45) is 6.04. The first-order valence-corrected chi connectivity index (χ1v) is 6.56. The van der Waals surface area contributed by atoms with E-state index in [0.717, 1.165) is 25.8 Å². The van der Waals surface area contributed by atoms with Crippen molar-refractivity contribution in [3.05, 3.63) is 0 Å². The highest BCUT2D eigenvalue weighted by Gasteiger charge is 2.26. The van der Waals surface area contributed by atoms with Gasteiger partial charge in [-0.15, -0.1) is 0 Å². The average molecular weight is 239 g/mol. The van der Waals surface area contributed by atoms with E-state index in [1.165, 1.54) is 12.8 Å². The Bertz CT molecular complexity index is 285. The molecule has 2 aliphatic heterocycles. The Morgan fingerprint density at radius 3 is 2.82 bits per heavy atom. The summed E-state index contributed by atoms with van der Waals surface area (Å²) in [6.45, 7) is 1.48. The van der Waals surface area contributed by atoms with Crippen LogP contribution in [0.5, 0.6) is 0 Å². The van der Waals surface area contributed by atoms with Gasteiger partial charge in [0.2, 0.25) is 11.8 Å². The molecule has 2 aliphatic rings. The van der Waals surface area contributed by atoms with Crippen LogP contribution in [0.15, 0.2) is 0 Å². The SMILES string of the molecule is O=C1CC(NC(=O)C2CCCCCCN2)CN1. The van der Waals surface area contributed by atoms with E-state index in [0.29, 0.717) is 13.0 Å². The summed E-state index contributed by atoms with van der Waals surface area (Å²) in [5, 5.41) is 8.96. The van der Waals surface area contributed by atoms with Crippen molar-refractivity contribution in [1.29, 1.82) is 0 Å². The fourth-order valence-corrected chi connectivity index (χ4v) is 2.44. The molecular formula is C12H21N3O2. The Morgan fingerprint density at radius 2 is 2.06 bits per heavy atom. The van der Waals surface area contributed by atoms with Gasteiger partial charge in [-0.1, -0.05) is 19.3 Å². The molecule has 0 spiro atoms. The van der Waals surface area contributed by atoms with Crippen LogP contribution in [0.25, 0.3) is 0 Å². The molecule has 5 heteroatoms. The van der Waals surface area contributed by atoms with Crippen molar-refractivity contribution in [3.8, 4) is 0 Å². The van der Waals surface area contributed by atoms with Gasteiger partial charge in [-0.3, -0.25) is 9.59 Å². The van der Waals surface area contributed by atoms with Crippen LogP contribution in [0, 0.1) is 0 Å². The lowest BCUT2D eigenvalue weighted by Crippen LogP contribution is -2.48. The Hall–Kier alpha value is -1.10. The van der Waals surface area contributed by atoms with Crippen molar-refractivity contribution in [2.75, 3.05) is 13.1 Å². The van der Waals surface area contributed by atoms with Crippen LogP contribution in [0.4, 0.5) is 0 Å². The van der Waals surface area contributed by atoms with Crippen LogP contribution in [0.1, 0.15) is 38.5 Å². The van der Waals surface area contributed by atoms with E-state index in [4.69, 9.17) is 0 Å². The molecular weight excluding hydrogens is 218 g/mol. The van der Waals surface area contributed by atoms with Crippen LogP contribution >= 0.6 is 0 Å². The fraction of sp³-hybridized carbons (Fsp3) is 0.833. The summed E-state index contributed by atoms with van der Waals surface area (Å²) in [5.74, 6) is 0.0781. The van der Waals surface area contributed by atoms with Crippen LogP contribution in [-0.2, 0) is 9.59 Å². The van der Waals surface area contributed by atoms with Gasteiger partial charge in [-0.2, -0.15) is 0 Å². The van der Waals surface area contributed by atoms with Crippen LogP contribution in [0.2, 0.25) is 0 Å². The van der Waals surface area contributed by atoms with E-state index in [2.05, 4.69) is 16.0 Å². The molecule has 3 N–H and O–H groups in total. The molecule has 2 saturated heterocycles. The average Bonchev–Trinajstić information content (AvgIpc) is 2.63. The van der Waals surface area contributed by atoms with Crippen LogP contribution in [-0.4, -0.2) is 37.0 Å². The van der Waals surface area contributed by atoms with Gasteiger partial charge in [-0.05, 0) is 19.4 Å². The van der Waals surface area contributed by atoms with Crippen molar-refractivity contribution < 1.29 is 9.59 Å². The highest BCUT2D eigenvalue weighted by molar-refractivity contribution is 5.84. The smallest absolute Gasteiger partial charge is 0.237 e. The minimum absolute atomic E-state index is 0.0257. The van der Waals surface area contributed by atoms with Crippen molar-refractivity contribution in [2.45, 2.75) is 50.6 Å². The molecule has 2 amide bonds. The van der Waals surface area contributed by atoms with Gasteiger partial charge < -0.3 is 16.0 Å². The number of amides is 2. The van der Waals surface area contributed by atoms with Crippen molar-refractivity contribution in [1.82, 2.24) is 16.0 Å². The number of rotatable bonds is 2. The minimum Gasteiger partial charge on any atom is -0.354 e. The molecule has 0 aromatic rings. The highest BCUT2D eigenvalue weighted by Crippen LogP contribution is 2.10. The molecule has 17 heavy (non-hydrogen) atoms. The molecule has 2 heterocycles. The van der Waals surface area contributed by atoms with Crippen LogP contribution in [0.3, 0.4) is 0 Å². The number of hydrogen-bond donors (Lipinski definition) is 3. The van der Waals surface area contributed by atoms with Gasteiger partial charge in [0.05, 0.1) is 12.1 Å². The molecule has 0 radical (unpaired) electrons. The molecule has 0 bridgehead atoms. The maximum Gasteiger partial charge on any atom is 0.237 e. The summed E-state index contributed by atoms with van der Waals surface area (Å²) in [5.41, 5.74) is 0. The van der Waals surface area contributed by atoms with Gasteiger partial charge in [0.25, 0.3) is 0 Å². The lowest BCUT2D eigenvalue weighted by Gasteiger charge is -2.22. The molecule has 2 unspecified atom stereocenters. The second kappa shape index (κ2) is 6.00. The molecule has 2 atom stereocenters. The van der Waals surface area contributed by atoms with Crippen LogP contribution < -0.4 is 16.0 Å². The molecule has 2 rings (SSSR count). The Kier molecular flexibility index (Phi) is 4.36. The second-order valence-corrected chi connectivity index (χ2v) is 4.92. The number of hydrogen-bond acceptors (Lipinski definition) is 3. The van der Waals surface area contributed by atoms with Gasteiger partial charge >= 0.3 is 0 Å². The zero-order valence-electron chi connectivity index (χ0n) is 10.1. The first-order chi connectivity index (χ1) is 8.25. The molecule has 0 saturated carbocycles. The van der Waals surface area contributed by atoms with E-state index in [-0.39, 0.29) is 23.9 Å². The summed E-state index contributed by atoms with van der Waals surface area (Å²) in [4.78, 5) is 23.0. The first-order valence-electron chi connectivity index (χ1n) is 6.56. The second-order valence-electron chi connectivity index (χ2n) is 4.92. The van der Waals surface area contributed by atoms with Gasteiger partial charge in [-0.25, -0.2) is 0 Å². The largest absolute Gasteiger partial charge is 0.354 e. The van der Waals surface area contributed by atoms with Gasteiger partial charge in [0.15, 0.2) is 0 Å². The third kappa shape index (κ3) is 3.70. The lowest BCUT2D eigenvalue weighted by molar-refractivity contribution is -0.124. The monoisotopic (exact) mass is 239 g/mol. The molecule has 96 valence electrons. The van der Waals surface area contributed by atoms with Gasteiger partial charge in [0.1, 0.15) is 0 Å². The summed E-state index contributed by atoms with van der Waals surface area (Å²) < 4.78 is 0. The van der Waals surface area contributed by atoms with E-state index in [1.807, 2.05) is 0 Å². The minimum atomic E-state index is -0.0778. The molecule has 0 aromatic heterocycles. The predicted octanol–water partition coefficient (Wildman–Crippen LogP) is -0.0866. The predicted molar refractivity (Wildman–Crippen MR) is 64.4 cm³/mol. The maximum atomic E-state index is 12.0. The summed E-state index contributed by atoms with van der Waals surface area (Å²) in [7, 11) is 0. The summed E-state index contributed by atoms with van der Waals surface area (Å²) >= 11 is 0. The van der Waals surface area contributed by atoms with Crippen molar-refractivity contribution >= 4 is 11.8 Å². The molecule has 0 aromatic carbocycles. The van der Waals surface area contributed by atoms with E-state index in [1.54, 1.807) is 0 Å². The highest BCUT2D eigenvalue weighted by atomic mass is 16.2. The standard InChI is InChI=1S/C12H21N3O2/c16-11-7-9(8-14-11)15-12(17)10-5-3-1-2-4-6-13-10/h9-10,13H,1-8H2,(H,14,16)(H,15,17). The Labute approximate surface area is 102 Å². The lowest BCUT2D eigenvalue weighted by atomic mass is 10.0. The Morgan fingerprint density at radius 1 is 1.24 bits per heavy atom. The molecule has 0 aliphatic carbocycles. The van der Waals surface area contributed by atoms with Crippen molar-refractivity contribution in [3.63, 3.8) is 0 Å². The zero-order valence-corrected chi connectivity index (χ0v) is 10.1. The third-order valence-corrected chi connectivity index (χ3v) is 3.45. The zero-order chi connectivity index (χ0) is 12.1. The van der Waals surface area contributed by atoms with E-state index >= 15 is 0 Å². The third-order valence-electron chi connectivity index (χ3n) is 3.45. The number of nitrogens with one attached hydrogen (secondary N) is 3. The number of carbonyl (C=O) groups excluding carboxylic acids is 2. The van der Waals surface area contributed by atoms with E-state index in [9.17, 15) is 9.59 Å². The quantitative estimate of drug-likeness (QED) is 0.631. The normalized spacial score (nSPS) is 30.2.